The summed E-state index contributed by atoms with van der Waals surface area (Å²) in [5.41, 5.74) is 1.56. The number of thioether (sulfide) groups is 1. The molecule has 0 bridgehead atoms. The van der Waals surface area contributed by atoms with Gasteiger partial charge in [-0.05, 0) is 43.2 Å². The number of nitrogens with one attached hydrogen (secondary N) is 2. The molecular weight excluding hydrogens is 284 g/mol. The van der Waals surface area contributed by atoms with E-state index in [9.17, 15) is 4.79 Å². The minimum absolute atomic E-state index is 0.0508. The standard InChI is InChI=1S/C16H26N2O2S/c1-12(2)21-11-13-6-5-7-14(10-13)17-15(20)18-16(3,4)8-9-19/h5-7,10,12,19H,8-9,11H2,1-4H3,(H2,17,18,20). The van der Waals surface area contributed by atoms with Crippen molar-refractivity contribution in [3.63, 3.8) is 0 Å². The van der Waals surface area contributed by atoms with Crippen molar-refractivity contribution in [3.05, 3.63) is 29.8 Å². The SMILES string of the molecule is CC(C)SCc1cccc(NC(=O)NC(C)(C)CCO)c1. The van der Waals surface area contributed by atoms with Gasteiger partial charge in [-0.15, -0.1) is 0 Å². The molecule has 1 aromatic carbocycles. The van der Waals surface area contributed by atoms with Crippen LogP contribution >= 0.6 is 11.8 Å². The summed E-state index contributed by atoms with van der Waals surface area (Å²) in [5, 5.41) is 15.3. The van der Waals surface area contributed by atoms with Crippen LogP contribution in [0.15, 0.2) is 24.3 Å². The van der Waals surface area contributed by atoms with Crippen molar-refractivity contribution in [2.24, 2.45) is 0 Å². The largest absolute Gasteiger partial charge is 0.396 e. The zero-order chi connectivity index (χ0) is 15.9. The summed E-state index contributed by atoms with van der Waals surface area (Å²) < 4.78 is 0. The van der Waals surface area contributed by atoms with Crippen molar-refractivity contribution < 1.29 is 9.90 Å². The van der Waals surface area contributed by atoms with E-state index in [1.807, 2.05) is 43.8 Å². The fourth-order valence-corrected chi connectivity index (χ4v) is 2.52. The summed E-state index contributed by atoms with van der Waals surface area (Å²) in [5.74, 6) is 0.935. The van der Waals surface area contributed by atoms with Crippen LogP contribution in [0.1, 0.15) is 39.7 Å². The predicted molar refractivity (Wildman–Crippen MR) is 90.8 cm³/mol. The molecule has 2 amide bonds. The molecule has 1 rings (SSSR count). The van der Waals surface area contributed by atoms with Gasteiger partial charge in [0.15, 0.2) is 0 Å². The van der Waals surface area contributed by atoms with Crippen LogP contribution in [0, 0.1) is 0 Å². The van der Waals surface area contributed by atoms with Crippen LogP contribution in [-0.4, -0.2) is 28.5 Å². The maximum atomic E-state index is 12.0. The number of benzene rings is 1. The number of hydrogen-bond acceptors (Lipinski definition) is 3. The molecule has 118 valence electrons. The van der Waals surface area contributed by atoms with E-state index in [2.05, 4.69) is 30.5 Å². The first kappa shape index (κ1) is 17.9. The van der Waals surface area contributed by atoms with Gasteiger partial charge < -0.3 is 15.7 Å². The molecule has 21 heavy (non-hydrogen) atoms. The first-order valence-electron chi connectivity index (χ1n) is 7.23. The summed E-state index contributed by atoms with van der Waals surface area (Å²) in [6.07, 6.45) is 0.519. The maximum absolute atomic E-state index is 12.0. The summed E-state index contributed by atoms with van der Waals surface area (Å²) in [7, 11) is 0. The van der Waals surface area contributed by atoms with Gasteiger partial charge in [-0.3, -0.25) is 0 Å². The molecule has 0 aliphatic carbocycles. The lowest BCUT2D eigenvalue weighted by Gasteiger charge is -2.25. The summed E-state index contributed by atoms with van der Waals surface area (Å²) >= 11 is 1.87. The minimum Gasteiger partial charge on any atom is -0.396 e. The fraction of sp³-hybridized carbons (Fsp3) is 0.562. The Labute approximate surface area is 131 Å². The van der Waals surface area contributed by atoms with Crippen LogP contribution in [0.3, 0.4) is 0 Å². The zero-order valence-electron chi connectivity index (χ0n) is 13.3. The second-order valence-electron chi connectivity index (χ2n) is 6.00. The monoisotopic (exact) mass is 310 g/mol. The minimum atomic E-state index is -0.427. The van der Waals surface area contributed by atoms with Gasteiger partial charge in [0.25, 0.3) is 0 Å². The van der Waals surface area contributed by atoms with E-state index in [0.717, 1.165) is 11.4 Å². The molecule has 0 aromatic heterocycles. The average Bonchev–Trinajstić information content (AvgIpc) is 2.35. The van der Waals surface area contributed by atoms with Gasteiger partial charge in [-0.1, -0.05) is 26.0 Å². The lowest BCUT2D eigenvalue weighted by Crippen LogP contribution is -2.46. The number of aliphatic hydroxyl groups excluding tert-OH is 1. The lowest BCUT2D eigenvalue weighted by atomic mass is 10.0. The average molecular weight is 310 g/mol. The highest BCUT2D eigenvalue weighted by molar-refractivity contribution is 7.99. The highest BCUT2D eigenvalue weighted by Gasteiger charge is 2.19. The molecule has 0 spiro atoms. The molecule has 4 nitrogen and oxygen atoms in total. The molecule has 0 saturated carbocycles. The van der Waals surface area contributed by atoms with Crippen molar-refractivity contribution in [2.75, 3.05) is 11.9 Å². The Balaban J connectivity index is 2.58. The van der Waals surface area contributed by atoms with Crippen molar-refractivity contribution in [1.29, 1.82) is 0 Å². The molecule has 0 saturated heterocycles. The molecular formula is C16H26N2O2S. The number of hydrogen-bond donors (Lipinski definition) is 3. The third-order valence-corrected chi connectivity index (χ3v) is 4.12. The van der Waals surface area contributed by atoms with E-state index < -0.39 is 5.54 Å². The van der Waals surface area contributed by atoms with Crippen LogP contribution in [0.2, 0.25) is 0 Å². The smallest absolute Gasteiger partial charge is 0.319 e. The Morgan fingerprint density at radius 1 is 1.38 bits per heavy atom. The summed E-state index contributed by atoms with van der Waals surface area (Å²) in [4.78, 5) is 12.0. The van der Waals surface area contributed by atoms with Crippen molar-refractivity contribution in [2.45, 2.75) is 50.7 Å². The third kappa shape index (κ3) is 7.39. The number of urea groups is 1. The molecule has 0 aliphatic rings. The lowest BCUT2D eigenvalue weighted by molar-refractivity contribution is 0.218. The molecule has 3 N–H and O–H groups in total. The van der Waals surface area contributed by atoms with Gasteiger partial charge in [0, 0.05) is 23.6 Å². The van der Waals surface area contributed by atoms with E-state index >= 15 is 0 Å². The van der Waals surface area contributed by atoms with Crippen molar-refractivity contribution >= 4 is 23.5 Å². The third-order valence-electron chi connectivity index (χ3n) is 2.96. The summed E-state index contributed by atoms with van der Waals surface area (Å²) in [6.45, 7) is 8.17. The molecule has 0 fully saturated rings. The molecule has 5 heteroatoms. The van der Waals surface area contributed by atoms with Gasteiger partial charge in [0.05, 0.1) is 0 Å². The maximum Gasteiger partial charge on any atom is 0.319 e. The molecule has 0 atom stereocenters. The highest BCUT2D eigenvalue weighted by Crippen LogP contribution is 2.19. The molecule has 1 aromatic rings. The number of carbonyl (C=O) groups is 1. The summed E-state index contributed by atoms with van der Waals surface area (Å²) in [6, 6.07) is 7.64. The number of amides is 2. The molecule has 0 aliphatic heterocycles. The quantitative estimate of drug-likeness (QED) is 0.721. The Kier molecular flexibility index (Phi) is 7.05. The zero-order valence-corrected chi connectivity index (χ0v) is 14.1. The van der Waals surface area contributed by atoms with Gasteiger partial charge in [-0.25, -0.2) is 4.79 Å². The Morgan fingerprint density at radius 2 is 2.10 bits per heavy atom. The van der Waals surface area contributed by atoms with Crippen LogP contribution in [0.25, 0.3) is 0 Å². The normalized spacial score (nSPS) is 11.5. The van der Waals surface area contributed by atoms with Gasteiger partial charge in [-0.2, -0.15) is 11.8 Å². The fourth-order valence-electron chi connectivity index (χ4n) is 1.81. The Hall–Kier alpha value is -1.20. The highest BCUT2D eigenvalue weighted by atomic mass is 32.2. The van der Waals surface area contributed by atoms with Crippen LogP contribution in [-0.2, 0) is 5.75 Å². The van der Waals surface area contributed by atoms with Gasteiger partial charge in [0.2, 0.25) is 0 Å². The van der Waals surface area contributed by atoms with E-state index in [4.69, 9.17) is 5.11 Å². The molecule has 0 radical (unpaired) electrons. The van der Waals surface area contributed by atoms with Gasteiger partial charge in [0.1, 0.15) is 0 Å². The second-order valence-corrected chi connectivity index (χ2v) is 7.56. The van der Waals surface area contributed by atoms with E-state index in [1.165, 1.54) is 5.56 Å². The van der Waals surface area contributed by atoms with Crippen LogP contribution < -0.4 is 10.6 Å². The van der Waals surface area contributed by atoms with Crippen LogP contribution in [0.5, 0.6) is 0 Å². The second kappa shape index (κ2) is 8.29. The molecule has 0 heterocycles. The number of carbonyl (C=O) groups excluding carboxylic acids is 1. The number of rotatable bonds is 7. The van der Waals surface area contributed by atoms with Gasteiger partial charge >= 0.3 is 6.03 Å². The topological polar surface area (TPSA) is 61.4 Å². The van der Waals surface area contributed by atoms with E-state index in [0.29, 0.717) is 11.7 Å². The predicted octanol–water partition coefficient (Wildman–Crippen LogP) is 3.61. The molecule has 0 unspecified atom stereocenters. The Bertz CT molecular complexity index is 461. The van der Waals surface area contributed by atoms with E-state index in [1.54, 1.807) is 0 Å². The number of anilines is 1. The Morgan fingerprint density at radius 3 is 2.71 bits per heavy atom. The first-order valence-corrected chi connectivity index (χ1v) is 8.28. The first-order chi connectivity index (χ1) is 9.82. The van der Waals surface area contributed by atoms with E-state index in [-0.39, 0.29) is 12.6 Å². The number of aliphatic hydroxyl groups is 1. The van der Waals surface area contributed by atoms with Crippen molar-refractivity contribution in [3.8, 4) is 0 Å². The van der Waals surface area contributed by atoms with Crippen LogP contribution in [0.4, 0.5) is 10.5 Å². The van der Waals surface area contributed by atoms with Crippen molar-refractivity contribution in [1.82, 2.24) is 5.32 Å².